The minimum Gasteiger partial charge on any atom is -0.174 e. The summed E-state index contributed by atoms with van der Waals surface area (Å²) < 4.78 is 29.0. The first-order chi connectivity index (χ1) is 1.73. The van der Waals surface area contributed by atoms with Crippen LogP contribution in [0.4, 0.5) is 13.2 Å². The first-order valence-electron chi connectivity index (χ1n) is 0.655. The predicted molar refractivity (Wildman–Crippen MR) is 14.7 cm³/mol. The van der Waals surface area contributed by atoms with Gasteiger partial charge in [-0.2, -0.15) is 13.2 Å². The zero-order valence-electron chi connectivity index (χ0n) is 2.12. The summed E-state index contributed by atoms with van der Waals surface area (Å²) in [5.74, 6) is 0. The predicted octanol–water partition coefficient (Wildman–Crippen LogP) is 1.83. The molecule has 0 fully saturated rings. The molecule has 0 atom stereocenters. The van der Waals surface area contributed by atoms with Crippen LogP contribution >= 0.6 is 13.5 Å². The van der Waals surface area contributed by atoms with E-state index in [1.807, 2.05) is 0 Å². The maximum atomic E-state index is 9.67. The van der Waals surface area contributed by atoms with Crippen molar-refractivity contribution in [2.24, 2.45) is 0 Å². The van der Waals surface area contributed by atoms with Gasteiger partial charge in [0.05, 0.1) is 0 Å². The summed E-state index contributed by atoms with van der Waals surface area (Å²) >= 11 is 0. The van der Waals surface area contributed by atoms with Crippen LogP contribution in [0, 0.1) is 0 Å². The van der Waals surface area contributed by atoms with Crippen LogP contribution in [0.1, 0.15) is 0 Å². The standard InChI is InChI=1S/CHF3.S/c2-1(3)4;/h1H;. The molecular weight excluding hydrogens is 101 g/mol. The summed E-state index contributed by atoms with van der Waals surface area (Å²) in [6.45, 7) is -3.67. The molecule has 0 spiro atoms. The van der Waals surface area contributed by atoms with Crippen molar-refractivity contribution in [1.82, 2.24) is 0 Å². The van der Waals surface area contributed by atoms with Gasteiger partial charge in [0, 0.05) is 13.5 Å². The number of halogens is 3. The fourth-order valence-corrected chi connectivity index (χ4v) is 0. The van der Waals surface area contributed by atoms with E-state index >= 15 is 0 Å². The molecule has 0 amide bonds. The van der Waals surface area contributed by atoms with Gasteiger partial charge in [-0.1, -0.05) is 0 Å². The molecule has 0 aromatic heterocycles. The molecule has 2 radical (unpaired) electrons. The summed E-state index contributed by atoms with van der Waals surface area (Å²) in [5.41, 5.74) is 0. The summed E-state index contributed by atoms with van der Waals surface area (Å²) in [7, 11) is 0. The second-order valence-electron chi connectivity index (χ2n) is 0.247. The molecule has 0 bridgehead atoms. The molecule has 0 saturated heterocycles. The van der Waals surface area contributed by atoms with Crippen LogP contribution in [0.5, 0.6) is 0 Å². The SMILES string of the molecule is FC(F)F.[S]. The van der Waals surface area contributed by atoms with E-state index in [0.29, 0.717) is 0 Å². The van der Waals surface area contributed by atoms with Gasteiger partial charge in [0.15, 0.2) is 0 Å². The molecule has 0 aromatic rings. The molecule has 0 saturated carbocycles. The van der Waals surface area contributed by atoms with Crippen LogP contribution in [0.15, 0.2) is 0 Å². The largest absolute Gasteiger partial charge is 0.379 e. The molecule has 0 N–H and O–H groups in total. The summed E-state index contributed by atoms with van der Waals surface area (Å²) in [4.78, 5) is 0. The number of alkyl halides is 3. The van der Waals surface area contributed by atoms with Gasteiger partial charge in [0.1, 0.15) is 0 Å². The quantitative estimate of drug-likeness (QED) is 0.437. The van der Waals surface area contributed by atoms with Gasteiger partial charge in [-0.15, -0.1) is 0 Å². The molecule has 0 heterocycles. The third-order valence-corrected chi connectivity index (χ3v) is 0. The fraction of sp³-hybridized carbons (Fsp3) is 1.00. The van der Waals surface area contributed by atoms with Gasteiger partial charge in [0.2, 0.25) is 0 Å². The normalized spacial score (nSPS) is 7.20. The second kappa shape index (κ2) is 4.14. The van der Waals surface area contributed by atoms with Gasteiger partial charge in [-0.05, 0) is 0 Å². The number of rotatable bonds is 0. The van der Waals surface area contributed by atoms with Crippen LogP contribution in [0.3, 0.4) is 0 Å². The Kier molecular flexibility index (Phi) is 7.40. The van der Waals surface area contributed by atoms with E-state index in [1.54, 1.807) is 0 Å². The van der Waals surface area contributed by atoms with E-state index in [9.17, 15) is 13.2 Å². The van der Waals surface area contributed by atoms with Crippen LogP contribution in [-0.4, -0.2) is 6.68 Å². The molecule has 0 aliphatic rings. The van der Waals surface area contributed by atoms with Crippen molar-refractivity contribution in [3.63, 3.8) is 0 Å². The van der Waals surface area contributed by atoms with Gasteiger partial charge >= 0.3 is 6.68 Å². The van der Waals surface area contributed by atoms with E-state index in [4.69, 9.17) is 0 Å². The lowest BCUT2D eigenvalue weighted by molar-refractivity contribution is 0.00819. The van der Waals surface area contributed by atoms with Crippen LogP contribution < -0.4 is 0 Å². The molecule has 0 unspecified atom stereocenters. The third kappa shape index (κ3) is 967. The molecule has 5 heavy (non-hydrogen) atoms. The first kappa shape index (κ1) is 8.94. The maximum absolute atomic E-state index is 9.67. The lowest BCUT2D eigenvalue weighted by atomic mass is 11.6. The Morgan fingerprint density at radius 2 is 1.00 bits per heavy atom. The monoisotopic (exact) mass is 102 g/mol. The van der Waals surface area contributed by atoms with Crippen LogP contribution in [0.25, 0.3) is 0 Å². The Hall–Kier alpha value is 0.140. The number of hydrogen-bond acceptors (Lipinski definition) is 0. The fourth-order valence-electron chi connectivity index (χ4n) is 0. The highest BCUT2D eigenvalue weighted by molar-refractivity contribution is 7.59. The number of hydrogen-bond donors (Lipinski definition) is 0. The molecule has 0 aliphatic heterocycles. The Morgan fingerprint density at radius 1 is 1.00 bits per heavy atom. The summed E-state index contributed by atoms with van der Waals surface area (Å²) in [6, 6.07) is 0. The second-order valence-corrected chi connectivity index (χ2v) is 0.247. The highest BCUT2D eigenvalue weighted by Crippen LogP contribution is 1.87. The highest BCUT2D eigenvalue weighted by atomic mass is 32.1. The van der Waals surface area contributed by atoms with Crippen molar-refractivity contribution in [1.29, 1.82) is 0 Å². The Labute approximate surface area is 34.4 Å². The molecular formula is CHF3S. The van der Waals surface area contributed by atoms with Gasteiger partial charge < -0.3 is 0 Å². The highest BCUT2D eigenvalue weighted by Gasteiger charge is 1.86. The van der Waals surface area contributed by atoms with Crippen molar-refractivity contribution >= 4 is 13.5 Å². The van der Waals surface area contributed by atoms with Crippen molar-refractivity contribution in [2.45, 2.75) is 6.68 Å². The molecule has 0 nitrogen and oxygen atoms in total. The minimum atomic E-state index is -3.67. The van der Waals surface area contributed by atoms with Crippen molar-refractivity contribution in [3.8, 4) is 0 Å². The summed E-state index contributed by atoms with van der Waals surface area (Å²) in [6.07, 6.45) is 0. The topological polar surface area (TPSA) is 0 Å². The van der Waals surface area contributed by atoms with Gasteiger partial charge in [-0.3, -0.25) is 0 Å². The summed E-state index contributed by atoms with van der Waals surface area (Å²) in [5, 5.41) is 0. The van der Waals surface area contributed by atoms with Gasteiger partial charge in [0.25, 0.3) is 0 Å². The van der Waals surface area contributed by atoms with E-state index in [0.717, 1.165) is 0 Å². The Morgan fingerprint density at radius 3 is 1.00 bits per heavy atom. The lowest BCUT2D eigenvalue weighted by Gasteiger charge is -1.65. The molecule has 0 aromatic carbocycles. The Balaban J connectivity index is 0. The minimum absolute atomic E-state index is 0. The van der Waals surface area contributed by atoms with Crippen molar-refractivity contribution in [3.05, 3.63) is 0 Å². The van der Waals surface area contributed by atoms with Crippen LogP contribution in [0.2, 0.25) is 0 Å². The average Bonchev–Trinajstić information content (AvgIpc) is 0.811. The zero-order valence-corrected chi connectivity index (χ0v) is 2.94. The molecule has 32 valence electrons. The van der Waals surface area contributed by atoms with Gasteiger partial charge in [-0.25, -0.2) is 0 Å². The van der Waals surface area contributed by atoms with E-state index < -0.39 is 6.68 Å². The zero-order chi connectivity index (χ0) is 3.58. The maximum Gasteiger partial charge on any atom is 0.379 e. The Bertz CT molecular complexity index is 11.6. The van der Waals surface area contributed by atoms with Crippen molar-refractivity contribution < 1.29 is 13.2 Å². The first-order valence-corrected chi connectivity index (χ1v) is 0.655. The van der Waals surface area contributed by atoms with Crippen molar-refractivity contribution in [2.75, 3.05) is 0 Å². The lowest BCUT2D eigenvalue weighted by Crippen LogP contribution is -1.65. The molecule has 4 heteroatoms. The van der Waals surface area contributed by atoms with E-state index in [-0.39, 0.29) is 13.5 Å². The smallest absolute Gasteiger partial charge is 0.174 e. The molecule has 0 aliphatic carbocycles. The van der Waals surface area contributed by atoms with Crippen LogP contribution in [-0.2, 0) is 0 Å². The van der Waals surface area contributed by atoms with E-state index in [2.05, 4.69) is 0 Å². The average molecular weight is 102 g/mol. The van der Waals surface area contributed by atoms with E-state index in [1.165, 1.54) is 0 Å². The third-order valence-electron chi connectivity index (χ3n) is 0. The molecule has 0 rings (SSSR count).